The minimum atomic E-state index is -4.35. The highest BCUT2D eigenvalue weighted by Crippen LogP contribution is 2.31. The molecule has 2 rings (SSSR count). The van der Waals surface area contributed by atoms with Crippen LogP contribution in [0.2, 0.25) is 0 Å². The Labute approximate surface area is 134 Å². The van der Waals surface area contributed by atoms with Gasteiger partial charge in [-0.25, -0.2) is 0 Å². The number of nitrogens with one attached hydrogen (secondary N) is 2. The first kappa shape index (κ1) is 18.8. The van der Waals surface area contributed by atoms with Gasteiger partial charge in [-0.2, -0.15) is 13.2 Å². The SMILES string of the molecule is CC(CC(=O)NC1CCNC1)c1cccc(C(F)(F)F)c1.Cl. The van der Waals surface area contributed by atoms with E-state index in [9.17, 15) is 18.0 Å². The highest BCUT2D eigenvalue weighted by Gasteiger charge is 2.30. The Kier molecular flexibility index (Phi) is 6.68. The Hall–Kier alpha value is -1.27. The molecular weight excluding hydrogens is 317 g/mol. The molecule has 3 nitrogen and oxygen atoms in total. The van der Waals surface area contributed by atoms with Crippen LogP contribution in [0.15, 0.2) is 24.3 Å². The largest absolute Gasteiger partial charge is 0.416 e. The minimum Gasteiger partial charge on any atom is -0.352 e. The van der Waals surface area contributed by atoms with Crippen molar-refractivity contribution in [3.8, 4) is 0 Å². The molecule has 1 saturated heterocycles. The molecule has 0 saturated carbocycles. The first-order chi connectivity index (χ1) is 9.86. The van der Waals surface area contributed by atoms with Crippen LogP contribution in [0.4, 0.5) is 13.2 Å². The van der Waals surface area contributed by atoms with Gasteiger partial charge in [0.1, 0.15) is 0 Å². The van der Waals surface area contributed by atoms with Crippen molar-refractivity contribution in [3.05, 3.63) is 35.4 Å². The van der Waals surface area contributed by atoms with E-state index in [4.69, 9.17) is 0 Å². The van der Waals surface area contributed by atoms with Gasteiger partial charge in [0.2, 0.25) is 5.91 Å². The van der Waals surface area contributed by atoms with Crippen LogP contribution in [0.25, 0.3) is 0 Å². The molecule has 0 bridgehead atoms. The fourth-order valence-corrected chi connectivity index (χ4v) is 2.48. The fraction of sp³-hybridized carbons (Fsp3) is 0.533. The molecule has 1 aliphatic heterocycles. The Morgan fingerprint density at radius 2 is 2.18 bits per heavy atom. The van der Waals surface area contributed by atoms with Crippen LogP contribution in [0, 0.1) is 0 Å². The van der Waals surface area contributed by atoms with Crippen LogP contribution in [0.3, 0.4) is 0 Å². The summed E-state index contributed by atoms with van der Waals surface area (Å²) in [7, 11) is 0. The molecule has 1 amide bonds. The molecular formula is C15H20ClF3N2O. The maximum absolute atomic E-state index is 12.7. The van der Waals surface area contributed by atoms with E-state index >= 15 is 0 Å². The molecule has 1 heterocycles. The van der Waals surface area contributed by atoms with Gasteiger partial charge in [-0.1, -0.05) is 25.1 Å². The van der Waals surface area contributed by atoms with Crippen LogP contribution in [0.5, 0.6) is 0 Å². The lowest BCUT2D eigenvalue weighted by atomic mass is 9.95. The lowest BCUT2D eigenvalue weighted by molar-refractivity contribution is -0.137. The Morgan fingerprint density at radius 3 is 2.77 bits per heavy atom. The molecule has 124 valence electrons. The van der Waals surface area contributed by atoms with Crippen LogP contribution in [-0.4, -0.2) is 25.0 Å². The fourth-order valence-electron chi connectivity index (χ4n) is 2.48. The maximum atomic E-state index is 12.7. The van der Waals surface area contributed by atoms with Gasteiger partial charge in [0.25, 0.3) is 0 Å². The molecule has 7 heteroatoms. The molecule has 0 radical (unpaired) electrons. The summed E-state index contributed by atoms with van der Waals surface area (Å²) in [5, 5.41) is 6.05. The van der Waals surface area contributed by atoms with Crippen molar-refractivity contribution in [2.75, 3.05) is 13.1 Å². The van der Waals surface area contributed by atoms with Gasteiger partial charge in [-0.3, -0.25) is 4.79 Å². The monoisotopic (exact) mass is 336 g/mol. The Morgan fingerprint density at radius 1 is 1.45 bits per heavy atom. The molecule has 2 N–H and O–H groups in total. The van der Waals surface area contributed by atoms with E-state index in [0.29, 0.717) is 5.56 Å². The number of hydrogen-bond acceptors (Lipinski definition) is 2. The lowest BCUT2D eigenvalue weighted by Crippen LogP contribution is -2.36. The Balaban J connectivity index is 0.00000242. The molecule has 1 fully saturated rings. The van der Waals surface area contributed by atoms with Crippen molar-refractivity contribution in [2.45, 2.75) is 37.9 Å². The van der Waals surface area contributed by atoms with E-state index in [0.717, 1.165) is 31.6 Å². The standard InChI is InChI=1S/C15H19F3N2O.ClH/c1-10(7-14(21)20-13-5-6-19-9-13)11-3-2-4-12(8-11)15(16,17)18;/h2-4,8,10,13,19H,5-7,9H2,1H3,(H,20,21);1H. The van der Waals surface area contributed by atoms with E-state index in [-0.39, 0.29) is 36.7 Å². The minimum absolute atomic E-state index is 0. The first-order valence-electron chi connectivity index (χ1n) is 7.03. The zero-order valence-corrected chi connectivity index (χ0v) is 13.1. The van der Waals surface area contributed by atoms with Gasteiger partial charge in [0.05, 0.1) is 5.56 Å². The second-order valence-electron chi connectivity index (χ2n) is 5.49. The summed E-state index contributed by atoms with van der Waals surface area (Å²) in [6.45, 7) is 3.40. The van der Waals surface area contributed by atoms with Gasteiger partial charge in [0.15, 0.2) is 0 Å². The highest BCUT2D eigenvalue weighted by atomic mass is 35.5. The summed E-state index contributed by atoms with van der Waals surface area (Å²) in [6, 6.07) is 5.30. The predicted octanol–water partition coefficient (Wildman–Crippen LogP) is 3.10. The number of alkyl halides is 3. The summed E-state index contributed by atoms with van der Waals surface area (Å²) in [6.07, 6.45) is -3.27. The maximum Gasteiger partial charge on any atom is 0.416 e. The molecule has 0 spiro atoms. The molecule has 0 aromatic heterocycles. The van der Waals surface area contributed by atoms with Crippen molar-refractivity contribution in [1.82, 2.24) is 10.6 Å². The third-order valence-corrected chi connectivity index (χ3v) is 3.70. The zero-order valence-electron chi connectivity index (χ0n) is 12.2. The molecule has 2 unspecified atom stereocenters. The topological polar surface area (TPSA) is 41.1 Å². The molecule has 22 heavy (non-hydrogen) atoms. The molecule has 1 aliphatic rings. The third kappa shape index (κ3) is 5.18. The average molecular weight is 337 g/mol. The Bertz CT molecular complexity index is 502. The number of carbonyl (C=O) groups is 1. The number of hydrogen-bond donors (Lipinski definition) is 2. The van der Waals surface area contributed by atoms with Crippen molar-refractivity contribution >= 4 is 18.3 Å². The summed E-state index contributed by atoms with van der Waals surface area (Å²) < 4.78 is 38.0. The number of carbonyl (C=O) groups excluding carboxylic acids is 1. The van der Waals surface area contributed by atoms with E-state index in [2.05, 4.69) is 10.6 Å². The van der Waals surface area contributed by atoms with E-state index in [1.807, 2.05) is 0 Å². The highest BCUT2D eigenvalue weighted by molar-refractivity contribution is 5.85. The van der Waals surface area contributed by atoms with Gasteiger partial charge in [0, 0.05) is 19.0 Å². The molecule has 1 aromatic rings. The summed E-state index contributed by atoms with van der Waals surface area (Å²) in [4.78, 5) is 11.9. The van der Waals surface area contributed by atoms with Gasteiger partial charge >= 0.3 is 6.18 Å². The van der Waals surface area contributed by atoms with Crippen LogP contribution in [0.1, 0.15) is 36.8 Å². The van der Waals surface area contributed by atoms with Crippen LogP contribution in [-0.2, 0) is 11.0 Å². The van der Waals surface area contributed by atoms with Gasteiger partial charge in [-0.15, -0.1) is 12.4 Å². The van der Waals surface area contributed by atoms with Crippen LogP contribution >= 0.6 is 12.4 Å². The predicted molar refractivity (Wildman–Crippen MR) is 81.1 cm³/mol. The van der Waals surface area contributed by atoms with Crippen LogP contribution < -0.4 is 10.6 Å². The molecule has 2 atom stereocenters. The summed E-state index contributed by atoms with van der Waals surface area (Å²) >= 11 is 0. The second kappa shape index (κ2) is 7.83. The van der Waals surface area contributed by atoms with E-state index in [1.54, 1.807) is 13.0 Å². The first-order valence-corrected chi connectivity index (χ1v) is 7.03. The zero-order chi connectivity index (χ0) is 15.5. The van der Waals surface area contributed by atoms with E-state index < -0.39 is 11.7 Å². The van der Waals surface area contributed by atoms with Gasteiger partial charge in [-0.05, 0) is 30.5 Å². The van der Waals surface area contributed by atoms with Gasteiger partial charge < -0.3 is 10.6 Å². The number of benzene rings is 1. The lowest BCUT2D eigenvalue weighted by Gasteiger charge is -2.16. The molecule has 1 aromatic carbocycles. The summed E-state index contributed by atoms with van der Waals surface area (Å²) in [5.41, 5.74) is -0.142. The number of halogens is 4. The van der Waals surface area contributed by atoms with Crippen molar-refractivity contribution in [3.63, 3.8) is 0 Å². The van der Waals surface area contributed by atoms with E-state index in [1.165, 1.54) is 6.07 Å². The molecule has 0 aliphatic carbocycles. The second-order valence-corrected chi connectivity index (χ2v) is 5.49. The average Bonchev–Trinajstić information content (AvgIpc) is 2.90. The van der Waals surface area contributed by atoms with Crippen molar-refractivity contribution < 1.29 is 18.0 Å². The van der Waals surface area contributed by atoms with Crippen molar-refractivity contribution in [1.29, 1.82) is 0 Å². The van der Waals surface area contributed by atoms with Crippen molar-refractivity contribution in [2.24, 2.45) is 0 Å². The quantitative estimate of drug-likeness (QED) is 0.887. The number of amides is 1. The normalized spacial score (nSPS) is 19.4. The third-order valence-electron chi connectivity index (χ3n) is 3.70. The smallest absolute Gasteiger partial charge is 0.352 e. The number of rotatable bonds is 4. The summed E-state index contributed by atoms with van der Waals surface area (Å²) in [5.74, 6) is -0.365.